The molecule has 0 amide bonds. The maximum atomic E-state index is 11.1. The van der Waals surface area contributed by atoms with Gasteiger partial charge in [0.1, 0.15) is 0 Å². The van der Waals surface area contributed by atoms with Crippen LogP contribution in [0.1, 0.15) is 89.9 Å². The van der Waals surface area contributed by atoms with Crippen LogP contribution >= 0.6 is 0 Å². The van der Waals surface area contributed by atoms with E-state index in [1.54, 1.807) is 0 Å². The molecule has 1 aliphatic rings. The van der Waals surface area contributed by atoms with Crippen molar-refractivity contribution in [3.8, 4) is 0 Å². The smallest absolute Gasteiger partial charge is 0.303 e. The molecule has 1 aliphatic carbocycles. The standard InChI is InChI=1S/C18H30O3/c19-17-14-13-16(15-17)11-9-7-5-3-1-2-4-6-8-10-12-18(20)21/h15H,1-14H2,(H,20,21). The quantitative estimate of drug-likeness (QED) is 0.484. The average molecular weight is 294 g/mol. The summed E-state index contributed by atoms with van der Waals surface area (Å²) in [6.07, 6.45) is 17.1. The fourth-order valence-electron chi connectivity index (χ4n) is 2.90. The molecule has 0 unspecified atom stereocenters. The van der Waals surface area contributed by atoms with E-state index >= 15 is 0 Å². The van der Waals surface area contributed by atoms with Gasteiger partial charge in [0.25, 0.3) is 0 Å². The van der Waals surface area contributed by atoms with E-state index in [-0.39, 0.29) is 0 Å². The van der Waals surface area contributed by atoms with E-state index in [0.29, 0.717) is 12.2 Å². The van der Waals surface area contributed by atoms with E-state index in [4.69, 9.17) is 5.11 Å². The van der Waals surface area contributed by atoms with E-state index < -0.39 is 5.97 Å². The van der Waals surface area contributed by atoms with Crippen LogP contribution in [-0.2, 0) is 9.59 Å². The second kappa shape index (κ2) is 11.5. The first kappa shape index (κ1) is 17.9. The molecule has 0 radical (unpaired) electrons. The van der Waals surface area contributed by atoms with Gasteiger partial charge in [0.15, 0.2) is 5.78 Å². The summed E-state index contributed by atoms with van der Waals surface area (Å²) in [4.78, 5) is 21.4. The number of carbonyl (C=O) groups excluding carboxylic acids is 1. The SMILES string of the molecule is O=C(O)CCCCCCCCCCCCC1=CC(=O)CC1. The van der Waals surface area contributed by atoms with Gasteiger partial charge in [-0.3, -0.25) is 9.59 Å². The van der Waals surface area contributed by atoms with Crippen molar-refractivity contribution in [1.82, 2.24) is 0 Å². The molecule has 0 saturated heterocycles. The van der Waals surface area contributed by atoms with Crippen LogP contribution in [0.2, 0.25) is 0 Å². The third-order valence-electron chi connectivity index (χ3n) is 4.20. The fraction of sp³-hybridized carbons (Fsp3) is 0.778. The van der Waals surface area contributed by atoms with Crippen LogP contribution in [0.3, 0.4) is 0 Å². The van der Waals surface area contributed by atoms with Crippen LogP contribution < -0.4 is 0 Å². The maximum Gasteiger partial charge on any atom is 0.303 e. The fourth-order valence-corrected chi connectivity index (χ4v) is 2.90. The highest BCUT2D eigenvalue weighted by molar-refractivity contribution is 5.92. The number of ketones is 1. The Hall–Kier alpha value is -1.12. The molecule has 0 aliphatic heterocycles. The summed E-state index contributed by atoms with van der Waals surface area (Å²) >= 11 is 0. The highest BCUT2D eigenvalue weighted by Gasteiger charge is 2.10. The summed E-state index contributed by atoms with van der Waals surface area (Å²) in [5, 5.41) is 8.52. The van der Waals surface area contributed by atoms with Crippen LogP contribution in [0, 0.1) is 0 Å². The first-order chi connectivity index (χ1) is 10.2. The molecular formula is C18H30O3. The van der Waals surface area contributed by atoms with Gasteiger partial charge in [-0.25, -0.2) is 0 Å². The Labute approximate surface area is 128 Å². The van der Waals surface area contributed by atoms with Crippen LogP contribution in [-0.4, -0.2) is 16.9 Å². The van der Waals surface area contributed by atoms with Crippen molar-refractivity contribution in [3.05, 3.63) is 11.6 Å². The summed E-state index contributed by atoms with van der Waals surface area (Å²) in [7, 11) is 0. The monoisotopic (exact) mass is 294 g/mol. The van der Waals surface area contributed by atoms with Crippen LogP contribution in [0.15, 0.2) is 11.6 Å². The minimum atomic E-state index is -0.673. The Morgan fingerprint density at radius 1 is 0.857 bits per heavy atom. The third kappa shape index (κ3) is 10.3. The van der Waals surface area contributed by atoms with Gasteiger partial charge in [0, 0.05) is 12.8 Å². The van der Waals surface area contributed by atoms with E-state index in [1.807, 2.05) is 6.08 Å². The number of hydrogen-bond donors (Lipinski definition) is 1. The Morgan fingerprint density at radius 3 is 1.86 bits per heavy atom. The Morgan fingerprint density at radius 2 is 1.38 bits per heavy atom. The van der Waals surface area contributed by atoms with Crippen molar-refractivity contribution in [3.63, 3.8) is 0 Å². The van der Waals surface area contributed by atoms with Crippen LogP contribution in [0.4, 0.5) is 0 Å². The van der Waals surface area contributed by atoms with Gasteiger partial charge in [-0.2, -0.15) is 0 Å². The number of carboxylic acids is 1. The molecule has 1 N–H and O–H groups in total. The van der Waals surface area contributed by atoms with Gasteiger partial charge in [0.05, 0.1) is 0 Å². The Balaban J connectivity index is 1.76. The minimum absolute atomic E-state index is 0.313. The molecule has 0 bridgehead atoms. The molecule has 0 saturated carbocycles. The van der Waals surface area contributed by atoms with Crippen molar-refractivity contribution in [2.45, 2.75) is 89.9 Å². The molecule has 0 aromatic rings. The summed E-state index contributed by atoms with van der Waals surface area (Å²) in [5.41, 5.74) is 1.36. The van der Waals surface area contributed by atoms with Crippen molar-refractivity contribution >= 4 is 11.8 Å². The Bertz CT molecular complexity index is 344. The minimum Gasteiger partial charge on any atom is -0.481 e. The molecule has 120 valence electrons. The average Bonchev–Trinajstić information content (AvgIpc) is 2.85. The van der Waals surface area contributed by atoms with Gasteiger partial charge in [-0.05, 0) is 31.8 Å². The molecule has 3 nitrogen and oxygen atoms in total. The van der Waals surface area contributed by atoms with Gasteiger partial charge in [-0.15, -0.1) is 0 Å². The lowest BCUT2D eigenvalue weighted by Gasteiger charge is -2.03. The molecule has 0 atom stereocenters. The van der Waals surface area contributed by atoms with Crippen LogP contribution in [0.25, 0.3) is 0 Å². The lowest BCUT2D eigenvalue weighted by atomic mass is 10.0. The lowest BCUT2D eigenvalue weighted by Crippen LogP contribution is -1.93. The number of unbranched alkanes of at least 4 members (excludes halogenated alkanes) is 9. The molecule has 3 heteroatoms. The predicted octanol–water partition coefficient (Wildman–Crippen LogP) is 5.04. The number of carbonyl (C=O) groups is 2. The van der Waals surface area contributed by atoms with Gasteiger partial charge >= 0.3 is 5.97 Å². The summed E-state index contributed by atoms with van der Waals surface area (Å²) < 4.78 is 0. The van der Waals surface area contributed by atoms with Gasteiger partial charge in [0.2, 0.25) is 0 Å². The highest BCUT2D eigenvalue weighted by Crippen LogP contribution is 2.21. The van der Waals surface area contributed by atoms with Gasteiger partial charge < -0.3 is 5.11 Å². The second-order valence-electron chi connectivity index (χ2n) is 6.20. The molecule has 0 heterocycles. The number of carboxylic acid groups (broad SMARTS) is 1. The van der Waals surface area contributed by atoms with Crippen molar-refractivity contribution in [1.29, 1.82) is 0 Å². The van der Waals surface area contributed by atoms with Gasteiger partial charge in [-0.1, -0.05) is 56.9 Å². The first-order valence-corrected chi connectivity index (χ1v) is 8.62. The summed E-state index contributed by atoms with van der Waals surface area (Å²) in [6.45, 7) is 0. The second-order valence-corrected chi connectivity index (χ2v) is 6.20. The maximum absolute atomic E-state index is 11.1. The molecule has 0 fully saturated rings. The lowest BCUT2D eigenvalue weighted by molar-refractivity contribution is -0.137. The normalized spacial score (nSPS) is 14.5. The topological polar surface area (TPSA) is 54.4 Å². The van der Waals surface area contributed by atoms with E-state index in [0.717, 1.165) is 32.1 Å². The van der Waals surface area contributed by atoms with E-state index in [9.17, 15) is 9.59 Å². The van der Waals surface area contributed by atoms with Crippen molar-refractivity contribution < 1.29 is 14.7 Å². The van der Waals surface area contributed by atoms with Crippen molar-refractivity contribution in [2.75, 3.05) is 0 Å². The molecular weight excluding hydrogens is 264 g/mol. The molecule has 21 heavy (non-hydrogen) atoms. The van der Waals surface area contributed by atoms with Crippen LogP contribution in [0.5, 0.6) is 0 Å². The largest absolute Gasteiger partial charge is 0.481 e. The van der Waals surface area contributed by atoms with E-state index in [2.05, 4.69) is 0 Å². The summed E-state index contributed by atoms with van der Waals surface area (Å²) in [5.74, 6) is -0.360. The zero-order valence-electron chi connectivity index (χ0n) is 13.2. The number of allylic oxidation sites excluding steroid dienone is 2. The van der Waals surface area contributed by atoms with Crippen molar-refractivity contribution in [2.24, 2.45) is 0 Å². The number of aliphatic carboxylic acids is 1. The third-order valence-corrected chi connectivity index (χ3v) is 4.20. The molecule has 0 aromatic carbocycles. The predicted molar refractivity (Wildman–Crippen MR) is 85.4 cm³/mol. The zero-order valence-corrected chi connectivity index (χ0v) is 13.2. The highest BCUT2D eigenvalue weighted by atomic mass is 16.4. The first-order valence-electron chi connectivity index (χ1n) is 8.62. The molecule has 0 spiro atoms. The molecule has 0 aromatic heterocycles. The van der Waals surface area contributed by atoms with E-state index in [1.165, 1.54) is 56.9 Å². The molecule has 1 rings (SSSR count). The zero-order chi connectivity index (χ0) is 15.3. The number of rotatable bonds is 13. The Kier molecular flexibility index (Phi) is 9.84. The summed E-state index contributed by atoms with van der Waals surface area (Å²) in [6, 6.07) is 0. The number of hydrogen-bond acceptors (Lipinski definition) is 2.